The Bertz CT molecular complexity index is 731. The van der Waals surface area contributed by atoms with Gasteiger partial charge in [-0.25, -0.2) is 0 Å². The van der Waals surface area contributed by atoms with Gasteiger partial charge in [0.05, 0.1) is 17.1 Å². The molecule has 3 rings (SSSR count). The van der Waals surface area contributed by atoms with E-state index in [-0.39, 0.29) is 0 Å². The highest BCUT2D eigenvalue weighted by atomic mass is 79.9. The van der Waals surface area contributed by atoms with Gasteiger partial charge in [-0.2, -0.15) is 5.10 Å². The van der Waals surface area contributed by atoms with E-state index in [1.807, 2.05) is 34.5 Å². The summed E-state index contributed by atoms with van der Waals surface area (Å²) in [6.45, 7) is 0.712. The number of aromatic nitrogens is 2. The second-order valence-corrected chi connectivity index (χ2v) is 7.13. The summed E-state index contributed by atoms with van der Waals surface area (Å²) in [4.78, 5) is 1.07. The third-order valence-corrected chi connectivity index (χ3v) is 5.08. The molecule has 0 saturated heterocycles. The third kappa shape index (κ3) is 2.97. The van der Waals surface area contributed by atoms with Gasteiger partial charge in [-0.1, -0.05) is 28.1 Å². The van der Waals surface area contributed by atoms with Gasteiger partial charge >= 0.3 is 0 Å². The van der Waals surface area contributed by atoms with Crippen molar-refractivity contribution in [1.82, 2.24) is 9.78 Å². The van der Waals surface area contributed by atoms with Crippen LogP contribution in [0.25, 0.3) is 10.6 Å². The van der Waals surface area contributed by atoms with Crippen LogP contribution in [-0.4, -0.2) is 9.78 Å². The fourth-order valence-electron chi connectivity index (χ4n) is 1.92. The van der Waals surface area contributed by atoms with Crippen molar-refractivity contribution in [2.45, 2.75) is 6.54 Å². The summed E-state index contributed by atoms with van der Waals surface area (Å²) >= 11 is 8.52. The quantitative estimate of drug-likeness (QED) is 0.673. The van der Waals surface area contributed by atoms with Crippen molar-refractivity contribution in [3.63, 3.8) is 0 Å². The highest BCUT2D eigenvalue weighted by molar-refractivity contribution is 9.10. The predicted molar refractivity (Wildman–Crippen MR) is 90.9 cm³/mol. The van der Waals surface area contributed by atoms with Crippen LogP contribution >= 0.6 is 43.2 Å². The first kappa shape index (κ1) is 13.9. The third-order valence-electron chi connectivity index (χ3n) is 2.85. The maximum absolute atomic E-state index is 6.06. The molecule has 0 fully saturated rings. The van der Waals surface area contributed by atoms with Gasteiger partial charge in [-0.05, 0) is 39.7 Å². The zero-order chi connectivity index (χ0) is 14.1. The smallest absolute Gasteiger partial charge is 0.125 e. The van der Waals surface area contributed by atoms with Gasteiger partial charge < -0.3 is 5.73 Å². The molecule has 0 unspecified atom stereocenters. The lowest BCUT2D eigenvalue weighted by atomic mass is 10.2. The molecule has 0 aliphatic heterocycles. The molecule has 2 heterocycles. The number of nitrogens with two attached hydrogens (primary N) is 1. The number of benzene rings is 1. The van der Waals surface area contributed by atoms with Crippen molar-refractivity contribution in [1.29, 1.82) is 0 Å². The van der Waals surface area contributed by atoms with Crippen molar-refractivity contribution in [3.05, 3.63) is 56.4 Å². The number of rotatable bonds is 3. The average molecular weight is 413 g/mol. The lowest BCUT2D eigenvalue weighted by Crippen LogP contribution is -2.00. The molecular weight excluding hydrogens is 402 g/mol. The molecule has 0 aliphatic rings. The summed E-state index contributed by atoms with van der Waals surface area (Å²) in [5.41, 5.74) is 8.80. The minimum atomic E-state index is 0.705. The second kappa shape index (κ2) is 5.71. The Hall–Kier alpha value is -1.11. The molecule has 0 radical (unpaired) electrons. The van der Waals surface area contributed by atoms with Gasteiger partial charge in [-0.3, -0.25) is 4.68 Å². The standard InChI is InChI=1S/C14H11Br2N3S/c15-10-3-1-9(2-4-10)6-19-7-12(17)14(18-19)13-5-11(16)8-20-13/h1-5,7-8H,6,17H2. The van der Waals surface area contributed by atoms with Crippen LogP contribution in [0.2, 0.25) is 0 Å². The molecule has 0 saturated carbocycles. The molecule has 6 heteroatoms. The van der Waals surface area contributed by atoms with E-state index in [2.05, 4.69) is 49.1 Å². The molecule has 20 heavy (non-hydrogen) atoms. The Morgan fingerprint density at radius 3 is 2.55 bits per heavy atom. The molecular formula is C14H11Br2N3S. The van der Waals surface area contributed by atoms with Crippen LogP contribution in [-0.2, 0) is 6.54 Å². The first-order valence-corrected chi connectivity index (χ1v) is 8.40. The van der Waals surface area contributed by atoms with Crippen molar-refractivity contribution >= 4 is 48.9 Å². The Balaban J connectivity index is 1.87. The largest absolute Gasteiger partial charge is 0.396 e. The number of anilines is 1. The van der Waals surface area contributed by atoms with Gasteiger partial charge in [0, 0.05) is 20.5 Å². The molecule has 3 aromatic rings. The maximum atomic E-state index is 6.06. The summed E-state index contributed by atoms with van der Waals surface area (Å²) in [6.07, 6.45) is 1.88. The Morgan fingerprint density at radius 1 is 1.15 bits per heavy atom. The molecule has 0 atom stereocenters. The van der Waals surface area contributed by atoms with Crippen LogP contribution in [0.5, 0.6) is 0 Å². The molecule has 2 N–H and O–H groups in total. The molecule has 1 aromatic carbocycles. The minimum Gasteiger partial charge on any atom is -0.396 e. The predicted octanol–water partition coefficient (Wildman–Crippen LogP) is 4.77. The van der Waals surface area contributed by atoms with Crippen LogP contribution in [0.4, 0.5) is 5.69 Å². The first-order valence-electron chi connectivity index (χ1n) is 5.93. The Labute approximate surface area is 137 Å². The van der Waals surface area contributed by atoms with E-state index in [1.165, 1.54) is 5.56 Å². The Morgan fingerprint density at radius 2 is 1.90 bits per heavy atom. The summed E-state index contributed by atoms with van der Waals surface area (Å²) in [5.74, 6) is 0. The number of hydrogen-bond acceptors (Lipinski definition) is 3. The van der Waals surface area contributed by atoms with E-state index in [1.54, 1.807) is 11.3 Å². The van der Waals surface area contributed by atoms with Crippen molar-refractivity contribution < 1.29 is 0 Å². The van der Waals surface area contributed by atoms with Crippen molar-refractivity contribution in [2.24, 2.45) is 0 Å². The van der Waals surface area contributed by atoms with E-state index in [0.29, 0.717) is 12.2 Å². The summed E-state index contributed by atoms with van der Waals surface area (Å²) in [7, 11) is 0. The van der Waals surface area contributed by atoms with E-state index < -0.39 is 0 Å². The highest BCUT2D eigenvalue weighted by Crippen LogP contribution is 2.32. The molecule has 3 nitrogen and oxygen atoms in total. The summed E-state index contributed by atoms with van der Waals surface area (Å²) < 4.78 is 4.01. The number of halogens is 2. The fourth-order valence-corrected chi connectivity index (χ4v) is 3.62. The van der Waals surface area contributed by atoms with E-state index >= 15 is 0 Å². The zero-order valence-corrected chi connectivity index (χ0v) is 14.4. The summed E-state index contributed by atoms with van der Waals surface area (Å²) in [6, 6.07) is 10.2. The van der Waals surface area contributed by atoms with Gasteiger partial charge in [0.1, 0.15) is 5.69 Å². The average Bonchev–Trinajstić information content (AvgIpc) is 2.98. The monoisotopic (exact) mass is 411 g/mol. The van der Waals surface area contributed by atoms with Gasteiger partial charge in [-0.15, -0.1) is 11.3 Å². The first-order chi connectivity index (χ1) is 9.61. The van der Waals surface area contributed by atoms with Crippen LogP contribution < -0.4 is 5.73 Å². The number of thiophene rings is 1. The number of hydrogen-bond donors (Lipinski definition) is 1. The molecule has 0 spiro atoms. The van der Waals surface area contributed by atoms with E-state index in [0.717, 1.165) is 19.5 Å². The Kier molecular flexibility index (Phi) is 3.96. The normalized spacial score (nSPS) is 10.9. The second-order valence-electron chi connectivity index (χ2n) is 4.39. The van der Waals surface area contributed by atoms with E-state index in [9.17, 15) is 0 Å². The van der Waals surface area contributed by atoms with Crippen molar-refractivity contribution in [3.8, 4) is 10.6 Å². The molecule has 0 aliphatic carbocycles. The molecule has 0 amide bonds. The topological polar surface area (TPSA) is 43.8 Å². The molecule has 102 valence electrons. The summed E-state index contributed by atoms with van der Waals surface area (Å²) in [5, 5.41) is 6.61. The van der Waals surface area contributed by atoms with E-state index in [4.69, 9.17) is 5.73 Å². The minimum absolute atomic E-state index is 0.705. The van der Waals surface area contributed by atoms with Gasteiger partial charge in [0.2, 0.25) is 0 Å². The molecule has 0 bridgehead atoms. The van der Waals surface area contributed by atoms with Crippen LogP contribution in [0, 0.1) is 0 Å². The van der Waals surface area contributed by atoms with Crippen LogP contribution in [0.1, 0.15) is 5.56 Å². The SMILES string of the molecule is Nc1cn(Cc2ccc(Br)cc2)nc1-c1cc(Br)cs1. The highest BCUT2D eigenvalue weighted by Gasteiger charge is 2.11. The number of nitrogen functional groups attached to an aromatic ring is 1. The van der Waals surface area contributed by atoms with Gasteiger partial charge in [0.15, 0.2) is 0 Å². The fraction of sp³-hybridized carbons (Fsp3) is 0.0714. The van der Waals surface area contributed by atoms with Gasteiger partial charge in [0.25, 0.3) is 0 Å². The van der Waals surface area contributed by atoms with Crippen LogP contribution in [0.15, 0.2) is 50.9 Å². The number of nitrogens with zero attached hydrogens (tertiary/aromatic N) is 2. The lowest BCUT2D eigenvalue weighted by Gasteiger charge is -2.01. The van der Waals surface area contributed by atoms with Crippen LogP contribution in [0.3, 0.4) is 0 Å². The lowest BCUT2D eigenvalue weighted by molar-refractivity contribution is 0.690. The zero-order valence-electron chi connectivity index (χ0n) is 10.4. The molecule has 2 aromatic heterocycles. The maximum Gasteiger partial charge on any atom is 0.125 e. The van der Waals surface area contributed by atoms with Crippen molar-refractivity contribution in [2.75, 3.05) is 5.73 Å².